The van der Waals surface area contributed by atoms with Gasteiger partial charge in [0.25, 0.3) is 5.24 Å². The molecule has 0 spiro atoms. The van der Waals surface area contributed by atoms with E-state index in [1.165, 1.54) is 12.1 Å². The van der Waals surface area contributed by atoms with Gasteiger partial charge in [-0.3, -0.25) is 14.9 Å². The summed E-state index contributed by atoms with van der Waals surface area (Å²) in [5.74, 6) is -0.314. The Morgan fingerprint density at radius 3 is 2.46 bits per heavy atom. The topological polar surface area (TPSA) is 51.1 Å². The van der Waals surface area contributed by atoms with E-state index in [1.54, 1.807) is 16.8 Å². The number of nitrogens with one attached hydrogen (secondary N) is 1. The highest BCUT2D eigenvalue weighted by atomic mass is 32.2. The summed E-state index contributed by atoms with van der Waals surface area (Å²) in [5.41, 5.74) is 1.20. The van der Waals surface area contributed by atoms with Gasteiger partial charge in [0.05, 0.1) is 10.8 Å². The minimum absolute atomic E-state index is 0.0831. The Morgan fingerprint density at radius 2 is 1.75 bits per heavy atom. The maximum absolute atomic E-state index is 13.3. The predicted molar refractivity (Wildman–Crippen MR) is 101 cm³/mol. The van der Waals surface area contributed by atoms with Crippen LogP contribution in [-0.2, 0) is 23.9 Å². The lowest BCUT2D eigenvalue weighted by Crippen LogP contribution is -2.25. The molecule has 1 atom stereocenters. The van der Waals surface area contributed by atoms with E-state index in [0.717, 1.165) is 34.3 Å². The van der Waals surface area contributed by atoms with Crippen molar-refractivity contribution in [2.75, 3.05) is 0 Å². The molecular formula is C20H15F3N2O2S. The number of imide groups is 1. The molecule has 1 saturated heterocycles. The zero-order valence-corrected chi connectivity index (χ0v) is 15.3. The van der Waals surface area contributed by atoms with Crippen molar-refractivity contribution in [1.29, 1.82) is 0 Å². The lowest BCUT2D eigenvalue weighted by atomic mass is 10.0. The third-order valence-electron chi connectivity index (χ3n) is 4.74. The van der Waals surface area contributed by atoms with Gasteiger partial charge in [0.2, 0.25) is 5.91 Å². The number of thioether (sulfide) groups is 1. The van der Waals surface area contributed by atoms with Gasteiger partial charge < -0.3 is 4.57 Å². The molecule has 1 aliphatic heterocycles. The Kier molecular flexibility index (Phi) is 4.66. The first-order chi connectivity index (χ1) is 13.3. The van der Waals surface area contributed by atoms with Crippen LogP contribution in [0.1, 0.15) is 16.7 Å². The number of rotatable bonds is 4. The van der Waals surface area contributed by atoms with E-state index < -0.39 is 17.0 Å². The van der Waals surface area contributed by atoms with E-state index in [2.05, 4.69) is 5.32 Å². The van der Waals surface area contributed by atoms with Crippen LogP contribution >= 0.6 is 11.8 Å². The second-order valence-corrected chi connectivity index (χ2v) is 7.71. The summed E-state index contributed by atoms with van der Waals surface area (Å²) in [6.45, 7) is 0.0831. The number of benzene rings is 2. The molecule has 0 saturated carbocycles. The summed E-state index contributed by atoms with van der Waals surface area (Å²) in [5, 5.41) is 2.28. The number of amides is 2. The first-order valence-electron chi connectivity index (χ1n) is 8.56. The molecule has 1 aliphatic rings. The molecule has 1 unspecified atom stereocenters. The SMILES string of the molecule is O=C1NC(=O)C(Cc2cccc3c2ccn3Cc2ccccc2C(F)(F)F)S1. The van der Waals surface area contributed by atoms with Crippen LogP contribution in [0.4, 0.5) is 18.0 Å². The summed E-state index contributed by atoms with van der Waals surface area (Å²) >= 11 is 0.960. The molecule has 1 aromatic heterocycles. The molecule has 2 heterocycles. The van der Waals surface area contributed by atoms with Crippen LogP contribution in [0.25, 0.3) is 10.9 Å². The number of fused-ring (bicyclic) bond motifs is 1. The van der Waals surface area contributed by atoms with Gasteiger partial charge in [0.15, 0.2) is 0 Å². The maximum atomic E-state index is 13.3. The Bertz CT molecular complexity index is 1070. The molecule has 28 heavy (non-hydrogen) atoms. The van der Waals surface area contributed by atoms with E-state index in [1.807, 2.05) is 24.3 Å². The first kappa shape index (κ1) is 18.6. The minimum atomic E-state index is -4.41. The van der Waals surface area contributed by atoms with Gasteiger partial charge in [-0.15, -0.1) is 0 Å². The number of aromatic nitrogens is 1. The zero-order chi connectivity index (χ0) is 19.9. The lowest BCUT2D eigenvalue weighted by molar-refractivity contribution is -0.138. The number of hydrogen-bond acceptors (Lipinski definition) is 3. The standard InChI is InChI=1S/C20H15F3N2O2S/c21-20(22,23)15-6-2-1-4-13(15)11-25-9-8-14-12(5-3-7-16(14)25)10-17-18(26)24-19(27)28-17/h1-9,17H,10-11H2,(H,24,26,27). The largest absolute Gasteiger partial charge is 0.416 e. The second kappa shape index (κ2) is 7.01. The maximum Gasteiger partial charge on any atom is 0.416 e. The summed E-state index contributed by atoms with van der Waals surface area (Å²) in [6.07, 6.45) is -2.29. The molecule has 0 bridgehead atoms. The molecule has 0 radical (unpaired) electrons. The second-order valence-electron chi connectivity index (χ2n) is 6.54. The summed E-state index contributed by atoms with van der Waals surface area (Å²) in [6, 6.07) is 12.9. The number of alkyl halides is 3. The van der Waals surface area contributed by atoms with Crippen molar-refractivity contribution in [3.63, 3.8) is 0 Å². The van der Waals surface area contributed by atoms with Crippen molar-refractivity contribution in [3.05, 3.63) is 71.4 Å². The number of nitrogens with zero attached hydrogens (tertiary/aromatic N) is 1. The normalized spacial score (nSPS) is 17.3. The smallest absolute Gasteiger partial charge is 0.343 e. The number of halogens is 3. The summed E-state index contributed by atoms with van der Waals surface area (Å²) in [4.78, 5) is 23.2. The molecule has 1 fully saturated rings. The van der Waals surface area contributed by atoms with Gasteiger partial charge in [-0.1, -0.05) is 42.1 Å². The Hall–Kier alpha value is -2.74. The number of hydrogen-bond donors (Lipinski definition) is 1. The molecule has 4 nitrogen and oxygen atoms in total. The van der Waals surface area contributed by atoms with Gasteiger partial charge in [0.1, 0.15) is 0 Å². The van der Waals surface area contributed by atoms with E-state index >= 15 is 0 Å². The van der Waals surface area contributed by atoms with Crippen LogP contribution in [0.2, 0.25) is 0 Å². The van der Waals surface area contributed by atoms with Crippen molar-refractivity contribution >= 4 is 33.8 Å². The number of carbonyl (C=O) groups is 2. The van der Waals surface area contributed by atoms with Crippen molar-refractivity contribution in [3.8, 4) is 0 Å². The summed E-state index contributed by atoms with van der Waals surface area (Å²) < 4.78 is 41.6. The fourth-order valence-corrected chi connectivity index (χ4v) is 4.30. The fourth-order valence-electron chi connectivity index (χ4n) is 3.45. The molecule has 8 heteroatoms. The number of carbonyl (C=O) groups excluding carboxylic acids is 2. The molecular weight excluding hydrogens is 389 g/mol. The van der Waals surface area contributed by atoms with Gasteiger partial charge >= 0.3 is 6.18 Å². The van der Waals surface area contributed by atoms with E-state index in [-0.39, 0.29) is 23.3 Å². The molecule has 0 aliphatic carbocycles. The zero-order valence-electron chi connectivity index (χ0n) is 14.5. The van der Waals surface area contributed by atoms with E-state index in [9.17, 15) is 22.8 Å². The van der Waals surface area contributed by atoms with Crippen LogP contribution < -0.4 is 5.32 Å². The third kappa shape index (κ3) is 3.52. The molecule has 2 aromatic carbocycles. The lowest BCUT2D eigenvalue weighted by Gasteiger charge is -2.14. The third-order valence-corrected chi connectivity index (χ3v) is 5.72. The van der Waals surface area contributed by atoms with Crippen molar-refractivity contribution in [2.24, 2.45) is 0 Å². The monoisotopic (exact) mass is 404 g/mol. The first-order valence-corrected chi connectivity index (χ1v) is 9.44. The Labute approximate surface area is 162 Å². The van der Waals surface area contributed by atoms with Crippen LogP contribution in [0.3, 0.4) is 0 Å². The highest BCUT2D eigenvalue weighted by Gasteiger charge is 2.33. The minimum Gasteiger partial charge on any atom is -0.343 e. The molecule has 4 rings (SSSR count). The molecule has 3 aromatic rings. The average Bonchev–Trinajstić information content (AvgIpc) is 3.18. The fraction of sp³-hybridized carbons (Fsp3) is 0.200. The predicted octanol–water partition coefficient (Wildman–Crippen LogP) is 4.60. The van der Waals surface area contributed by atoms with Crippen LogP contribution in [0.5, 0.6) is 0 Å². The highest BCUT2D eigenvalue weighted by Crippen LogP contribution is 2.33. The molecule has 1 N–H and O–H groups in total. The Morgan fingerprint density at radius 1 is 1.00 bits per heavy atom. The van der Waals surface area contributed by atoms with Gasteiger partial charge in [-0.05, 0) is 35.7 Å². The van der Waals surface area contributed by atoms with E-state index in [0.29, 0.717) is 6.42 Å². The van der Waals surface area contributed by atoms with Gasteiger partial charge in [0, 0.05) is 23.6 Å². The van der Waals surface area contributed by atoms with Gasteiger partial charge in [-0.25, -0.2) is 0 Å². The average molecular weight is 404 g/mol. The summed E-state index contributed by atoms with van der Waals surface area (Å²) in [7, 11) is 0. The van der Waals surface area contributed by atoms with Gasteiger partial charge in [-0.2, -0.15) is 13.2 Å². The van der Waals surface area contributed by atoms with Crippen molar-refractivity contribution in [1.82, 2.24) is 9.88 Å². The van der Waals surface area contributed by atoms with Crippen LogP contribution in [0.15, 0.2) is 54.7 Å². The van der Waals surface area contributed by atoms with Crippen molar-refractivity contribution in [2.45, 2.75) is 24.4 Å². The van der Waals surface area contributed by atoms with E-state index in [4.69, 9.17) is 0 Å². The molecule has 2 amide bonds. The quantitative estimate of drug-likeness (QED) is 0.691. The Balaban J connectivity index is 1.66. The molecule has 144 valence electrons. The van der Waals surface area contributed by atoms with Crippen LogP contribution in [-0.4, -0.2) is 21.0 Å². The van der Waals surface area contributed by atoms with Crippen LogP contribution in [0, 0.1) is 0 Å². The highest BCUT2D eigenvalue weighted by molar-refractivity contribution is 8.15. The van der Waals surface area contributed by atoms with Crippen molar-refractivity contribution < 1.29 is 22.8 Å².